The van der Waals surface area contributed by atoms with Gasteiger partial charge in [-0.15, -0.1) is 12.4 Å². The Kier molecular flexibility index (Phi) is 3.74. The Labute approximate surface area is 105 Å². The molecule has 90 valence electrons. The number of benzene rings is 1. The van der Waals surface area contributed by atoms with Crippen molar-refractivity contribution >= 4 is 39.8 Å². The van der Waals surface area contributed by atoms with Gasteiger partial charge in [-0.2, -0.15) is 8.42 Å². The lowest BCUT2D eigenvalue weighted by molar-refractivity contribution is 0.483. The van der Waals surface area contributed by atoms with Crippen LogP contribution < -0.4 is 4.90 Å². The van der Waals surface area contributed by atoms with Gasteiger partial charge in [-0.3, -0.25) is 4.55 Å². The summed E-state index contributed by atoms with van der Waals surface area (Å²) in [4.78, 5) is 1.71. The van der Waals surface area contributed by atoms with Crippen LogP contribution in [-0.4, -0.2) is 26.6 Å². The molecule has 0 saturated heterocycles. The third-order valence-corrected chi connectivity index (χ3v) is 3.86. The topological polar surface area (TPSA) is 57.6 Å². The zero-order valence-electron chi connectivity index (χ0n) is 8.47. The highest BCUT2D eigenvalue weighted by Gasteiger charge is 2.22. The Morgan fingerprint density at radius 3 is 2.62 bits per heavy atom. The number of anilines is 1. The molecule has 0 amide bonds. The Morgan fingerprint density at radius 1 is 1.44 bits per heavy atom. The Balaban J connectivity index is 0.00000128. The highest BCUT2D eigenvalue weighted by Crippen LogP contribution is 2.34. The monoisotopic (exact) mass is 283 g/mol. The highest BCUT2D eigenvalue weighted by molar-refractivity contribution is 7.86. The molecule has 0 spiro atoms. The van der Waals surface area contributed by atoms with E-state index in [1.807, 2.05) is 11.9 Å². The zero-order chi connectivity index (χ0) is 11.2. The highest BCUT2D eigenvalue weighted by atomic mass is 35.5. The Hall–Kier alpha value is -0.490. The molecular formula is C9H11Cl2NO3S. The third-order valence-electron chi connectivity index (χ3n) is 2.54. The van der Waals surface area contributed by atoms with Crippen molar-refractivity contribution in [3.8, 4) is 0 Å². The number of hydrogen-bond donors (Lipinski definition) is 1. The molecule has 0 unspecified atom stereocenters. The predicted molar refractivity (Wildman–Crippen MR) is 65.5 cm³/mol. The van der Waals surface area contributed by atoms with Gasteiger partial charge in [0.15, 0.2) is 0 Å². The number of halogens is 2. The van der Waals surface area contributed by atoms with Crippen LogP contribution in [0.2, 0.25) is 5.02 Å². The predicted octanol–water partition coefficient (Wildman–Crippen LogP) is 2.00. The number of nitrogens with zero attached hydrogens (tertiary/aromatic N) is 1. The van der Waals surface area contributed by atoms with Gasteiger partial charge in [-0.25, -0.2) is 0 Å². The fourth-order valence-electron chi connectivity index (χ4n) is 1.75. The van der Waals surface area contributed by atoms with Gasteiger partial charge in [-0.1, -0.05) is 11.6 Å². The minimum atomic E-state index is -4.24. The van der Waals surface area contributed by atoms with Gasteiger partial charge < -0.3 is 4.90 Å². The lowest BCUT2D eigenvalue weighted by atomic mass is 10.2. The van der Waals surface area contributed by atoms with Crippen LogP contribution in [0.3, 0.4) is 0 Å². The summed E-state index contributed by atoms with van der Waals surface area (Å²) < 4.78 is 31.0. The van der Waals surface area contributed by atoms with E-state index in [4.69, 9.17) is 16.2 Å². The van der Waals surface area contributed by atoms with Crippen LogP contribution in [0.25, 0.3) is 0 Å². The summed E-state index contributed by atoms with van der Waals surface area (Å²) >= 11 is 5.78. The van der Waals surface area contributed by atoms with E-state index in [1.54, 1.807) is 6.07 Å². The second kappa shape index (κ2) is 4.41. The maximum absolute atomic E-state index is 11.0. The summed E-state index contributed by atoms with van der Waals surface area (Å²) in [6.45, 7) is 0.834. The Morgan fingerprint density at radius 2 is 2.06 bits per heavy atom. The molecule has 16 heavy (non-hydrogen) atoms. The van der Waals surface area contributed by atoms with E-state index in [-0.39, 0.29) is 22.3 Å². The molecule has 0 fully saturated rings. The molecule has 4 nitrogen and oxygen atoms in total. The van der Waals surface area contributed by atoms with Crippen molar-refractivity contribution in [2.75, 3.05) is 18.5 Å². The number of hydrogen-bond acceptors (Lipinski definition) is 3. The number of rotatable bonds is 1. The van der Waals surface area contributed by atoms with Crippen LogP contribution >= 0.6 is 24.0 Å². The SMILES string of the molecule is CN1CCc2cc(Cl)c(S(=O)(=O)O)cc21.Cl. The van der Waals surface area contributed by atoms with Gasteiger partial charge in [0.1, 0.15) is 4.90 Å². The minimum Gasteiger partial charge on any atom is -0.374 e. The molecule has 0 aromatic heterocycles. The Bertz CT molecular complexity index is 516. The lowest BCUT2D eigenvalue weighted by Gasteiger charge is -2.13. The zero-order valence-corrected chi connectivity index (χ0v) is 10.9. The fraction of sp³-hybridized carbons (Fsp3) is 0.333. The van der Waals surface area contributed by atoms with Crippen molar-refractivity contribution < 1.29 is 13.0 Å². The first-order valence-corrected chi connectivity index (χ1v) is 6.22. The van der Waals surface area contributed by atoms with Crippen molar-refractivity contribution in [3.05, 3.63) is 22.7 Å². The van der Waals surface area contributed by atoms with Crippen LogP contribution in [0.5, 0.6) is 0 Å². The molecule has 0 bridgehead atoms. The maximum atomic E-state index is 11.0. The minimum absolute atomic E-state index is 0. The molecule has 0 radical (unpaired) electrons. The maximum Gasteiger partial charge on any atom is 0.296 e. The van der Waals surface area contributed by atoms with Crippen LogP contribution in [-0.2, 0) is 16.5 Å². The smallest absolute Gasteiger partial charge is 0.296 e. The van der Waals surface area contributed by atoms with E-state index in [0.29, 0.717) is 0 Å². The first kappa shape index (κ1) is 13.6. The second-order valence-corrected chi connectivity index (χ2v) is 5.36. The lowest BCUT2D eigenvalue weighted by Crippen LogP contribution is -2.13. The number of fused-ring (bicyclic) bond motifs is 1. The molecule has 0 saturated carbocycles. The van der Waals surface area contributed by atoms with Crippen molar-refractivity contribution in [1.82, 2.24) is 0 Å². The molecule has 7 heteroatoms. The molecule has 0 aliphatic carbocycles. The molecule has 1 aliphatic heterocycles. The summed E-state index contributed by atoms with van der Waals surface area (Å²) in [6.07, 6.45) is 0.845. The van der Waals surface area contributed by atoms with Crippen LogP contribution in [0.4, 0.5) is 5.69 Å². The van der Waals surface area contributed by atoms with E-state index < -0.39 is 10.1 Å². The van der Waals surface area contributed by atoms with E-state index in [2.05, 4.69) is 0 Å². The van der Waals surface area contributed by atoms with Crippen molar-refractivity contribution in [2.45, 2.75) is 11.3 Å². The van der Waals surface area contributed by atoms with Gasteiger partial charge in [0.05, 0.1) is 5.02 Å². The van der Waals surface area contributed by atoms with Crippen molar-refractivity contribution in [2.24, 2.45) is 0 Å². The largest absolute Gasteiger partial charge is 0.374 e. The van der Waals surface area contributed by atoms with E-state index >= 15 is 0 Å². The van der Waals surface area contributed by atoms with Gasteiger partial charge in [0.2, 0.25) is 0 Å². The van der Waals surface area contributed by atoms with Gasteiger partial charge in [0, 0.05) is 19.3 Å². The summed E-state index contributed by atoms with van der Waals surface area (Å²) in [6, 6.07) is 3.02. The average Bonchev–Trinajstić information content (AvgIpc) is 2.44. The average molecular weight is 284 g/mol. The third kappa shape index (κ3) is 2.27. The van der Waals surface area contributed by atoms with Crippen molar-refractivity contribution in [1.29, 1.82) is 0 Å². The van der Waals surface area contributed by atoms with Gasteiger partial charge >= 0.3 is 0 Å². The first-order valence-electron chi connectivity index (χ1n) is 4.40. The van der Waals surface area contributed by atoms with Crippen LogP contribution in [0.15, 0.2) is 17.0 Å². The molecule has 1 aliphatic rings. The fourth-order valence-corrected chi connectivity index (χ4v) is 2.79. The molecule has 1 heterocycles. The van der Waals surface area contributed by atoms with Crippen molar-refractivity contribution in [3.63, 3.8) is 0 Å². The summed E-state index contributed by atoms with van der Waals surface area (Å²) in [5.74, 6) is 0. The normalized spacial score (nSPS) is 14.6. The van der Waals surface area contributed by atoms with E-state index in [0.717, 1.165) is 24.2 Å². The van der Waals surface area contributed by atoms with E-state index in [1.165, 1.54) is 6.07 Å². The second-order valence-electron chi connectivity index (χ2n) is 3.56. The van der Waals surface area contributed by atoms with Crippen LogP contribution in [0, 0.1) is 0 Å². The molecule has 1 aromatic rings. The summed E-state index contributed by atoms with van der Waals surface area (Å²) in [7, 11) is -2.37. The van der Waals surface area contributed by atoms with Crippen LogP contribution in [0.1, 0.15) is 5.56 Å². The molecule has 0 atom stereocenters. The molecular weight excluding hydrogens is 273 g/mol. The molecule has 2 rings (SSSR count). The van der Waals surface area contributed by atoms with E-state index in [9.17, 15) is 8.42 Å². The van der Waals surface area contributed by atoms with Gasteiger partial charge in [0.25, 0.3) is 10.1 Å². The molecule has 1 N–H and O–H groups in total. The number of likely N-dealkylation sites (N-methyl/N-ethyl adjacent to an activating group) is 1. The first-order chi connectivity index (χ1) is 6.89. The van der Waals surface area contributed by atoms with Gasteiger partial charge in [-0.05, 0) is 24.1 Å². The standard InChI is InChI=1S/C9H10ClNO3S.ClH/c1-11-3-2-6-4-7(10)9(5-8(6)11)15(12,13)14;/h4-5H,2-3H2,1H3,(H,12,13,14);1H. The quantitative estimate of drug-likeness (QED) is 0.801. The summed E-state index contributed by atoms with van der Waals surface area (Å²) in [5.41, 5.74) is 1.82. The molecule has 1 aromatic carbocycles. The summed E-state index contributed by atoms with van der Waals surface area (Å²) in [5, 5.41) is 0.0755.